The molecule has 2 aromatic heterocycles. The van der Waals surface area contributed by atoms with Crippen LogP contribution in [-0.2, 0) is 6.54 Å². The molecule has 1 aliphatic heterocycles. The normalized spacial score (nSPS) is 16.3. The number of amides is 1. The van der Waals surface area contributed by atoms with E-state index in [-0.39, 0.29) is 17.5 Å². The highest BCUT2D eigenvalue weighted by Gasteiger charge is 2.29. The molecule has 6 heteroatoms. The van der Waals surface area contributed by atoms with Crippen LogP contribution in [0.1, 0.15) is 41.7 Å². The maximum Gasteiger partial charge on any atom is 0.275 e. The average Bonchev–Trinajstić information content (AvgIpc) is 3.31. The first kappa shape index (κ1) is 21.1. The van der Waals surface area contributed by atoms with Crippen molar-refractivity contribution in [2.45, 2.75) is 38.4 Å². The van der Waals surface area contributed by atoms with Crippen molar-refractivity contribution in [3.05, 3.63) is 82.9 Å². The SMILES string of the molecule is C=CCn1cc(C(=O)N(C)C2CCN(C(C)c3ccccc3)CC2)c2cc[nH]c2c1=O. The molecule has 6 nitrogen and oxygen atoms in total. The number of aromatic amines is 1. The van der Waals surface area contributed by atoms with Gasteiger partial charge in [0.05, 0.1) is 5.56 Å². The number of benzene rings is 1. The summed E-state index contributed by atoms with van der Waals surface area (Å²) in [6, 6.07) is 12.9. The molecular formula is C25H30N4O2. The topological polar surface area (TPSA) is 61.3 Å². The van der Waals surface area contributed by atoms with Crippen LogP contribution in [0.4, 0.5) is 0 Å². The van der Waals surface area contributed by atoms with E-state index in [2.05, 4.69) is 47.7 Å². The Kier molecular flexibility index (Phi) is 6.09. The first-order valence-electron chi connectivity index (χ1n) is 10.9. The number of nitrogens with one attached hydrogen (secondary N) is 1. The van der Waals surface area contributed by atoms with Crippen LogP contribution in [0.5, 0.6) is 0 Å². The van der Waals surface area contributed by atoms with Gasteiger partial charge in [0.15, 0.2) is 0 Å². The first-order valence-corrected chi connectivity index (χ1v) is 10.9. The Morgan fingerprint density at radius 3 is 2.65 bits per heavy atom. The minimum absolute atomic E-state index is 0.0445. The molecule has 4 rings (SSSR count). The fourth-order valence-electron chi connectivity index (χ4n) is 4.60. The van der Waals surface area contributed by atoms with Gasteiger partial charge in [-0.1, -0.05) is 36.4 Å². The van der Waals surface area contributed by atoms with Crippen molar-refractivity contribution in [2.24, 2.45) is 0 Å². The van der Waals surface area contributed by atoms with E-state index >= 15 is 0 Å². The minimum Gasteiger partial charge on any atom is -0.357 e. The van der Waals surface area contributed by atoms with Crippen molar-refractivity contribution in [3.63, 3.8) is 0 Å². The van der Waals surface area contributed by atoms with Crippen molar-refractivity contribution in [3.8, 4) is 0 Å². The predicted molar refractivity (Wildman–Crippen MR) is 124 cm³/mol. The maximum absolute atomic E-state index is 13.4. The van der Waals surface area contributed by atoms with Crippen LogP contribution in [0.25, 0.3) is 10.9 Å². The molecule has 31 heavy (non-hydrogen) atoms. The van der Waals surface area contributed by atoms with Gasteiger partial charge in [-0.25, -0.2) is 0 Å². The zero-order valence-electron chi connectivity index (χ0n) is 18.3. The van der Waals surface area contributed by atoms with Gasteiger partial charge < -0.3 is 14.5 Å². The molecular weight excluding hydrogens is 388 g/mol. The zero-order chi connectivity index (χ0) is 22.0. The van der Waals surface area contributed by atoms with Gasteiger partial charge in [-0.15, -0.1) is 6.58 Å². The van der Waals surface area contributed by atoms with E-state index in [9.17, 15) is 9.59 Å². The number of fused-ring (bicyclic) bond motifs is 1. The molecule has 162 valence electrons. The number of hydrogen-bond acceptors (Lipinski definition) is 3. The van der Waals surface area contributed by atoms with Crippen LogP contribution < -0.4 is 5.56 Å². The molecule has 1 N–H and O–H groups in total. The summed E-state index contributed by atoms with van der Waals surface area (Å²) in [4.78, 5) is 33.3. The van der Waals surface area contributed by atoms with Crippen LogP contribution in [0, 0.1) is 0 Å². The maximum atomic E-state index is 13.4. The summed E-state index contributed by atoms with van der Waals surface area (Å²) >= 11 is 0. The van der Waals surface area contributed by atoms with Crippen LogP contribution >= 0.6 is 0 Å². The van der Waals surface area contributed by atoms with Crippen molar-refractivity contribution in [1.82, 2.24) is 19.4 Å². The number of carbonyl (C=O) groups is 1. The molecule has 3 heterocycles. The fraction of sp³-hybridized carbons (Fsp3) is 0.360. The lowest BCUT2D eigenvalue weighted by atomic mass is 9.98. The number of hydrogen-bond donors (Lipinski definition) is 1. The number of likely N-dealkylation sites (tertiary alicyclic amines) is 1. The lowest BCUT2D eigenvalue weighted by Gasteiger charge is -2.39. The van der Waals surface area contributed by atoms with E-state index in [1.165, 1.54) is 10.1 Å². The van der Waals surface area contributed by atoms with Crippen molar-refractivity contribution in [2.75, 3.05) is 20.1 Å². The second kappa shape index (κ2) is 8.94. The van der Waals surface area contributed by atoms with Gasteiger partial charge in [0.25, 0.3) is 11.5 Å². The second-order valence-electron chi connectivity index (χ2n) is 8.33. The third-order valence-corrected chi connectivity index (χ3v) is 6.55. The van der Waals surface area contributed by atoms with E-state index < -0.39 is 0 Å². The second-order valence-corrected chi connectivity index (χ2v) is 8.33. The molecule has 1 atom stereocenters. The van der Waals surface area contributed by atoms with E-state index in [0.717, 1.165) is 25.9 Å². The van der Waals surface area contributed by atoms with E-state index in [4.69, 9.17) is 0 Å². The number of piperidine rings is 1. The molecule has 0 spiro atoms. The number of nitrogens with zero attached hydrogens (tertiary/aromatic N) is 3. The van der Waals surface area contributed by atoms with Crippen molar-refractivity contribution in [1.29, 1.82) is 0 Å². The van der Waals surface area contributed by atoms with Gasteiger partial charge in [0.2, 0.25) is 0 Å². The van der Waals surface area contributed by atoms with Gasteiger partial charge in [0, 0.05) is 56.5 Å². The highest BCUT2D eigenvalue weighted by Crippen LogP contribution is 2.27. The molecule has 0 saturated carbocycles. The summed E-state index contributed by atoms with van der Waals surface area (Å²) in [5.41, 5.74) is 2.21. The summed E-state index contributed by atoms with van der Waals surface area (Å²) in [7, 11) is 1.88. The lowest BCUT2D eigenvalue weighted by Crippen LogP contribution is -2.46. The van der Waals surface area contributed by atoms with Crippen LogP contribution in [0.3, 0.4) is 0 Å². The summed E-state index contributed by atoms with van der Waals surface area (Å²) in [5, 5.41) is 0.678. The highest BCUT2D eigenvalue weighted by atomic mass is 16.2. The number of aromatic nitrogens is 2. The van der Waals surface area contributed by atoms with E-state index in [1.54, 1.807) is 24.5 Å². The minimum atomic E-state index is -0.137. The summed E-state index contributed by atoms with van der Waals surface area (Å²) in [6.45, 7) is 8.24. The standard InChI is InChI=1S/C25H30N4O2/c1-4-14-29-17-22(21-10-13-26-23(21)25(29)31)24(30)27(3)20-11-15-28(16-12-20)18(2)19-8-6-5-7-9-19/h4-10,13,17-18,20,26H,1,11-12,14-16H2,2-3H3. The molecule has 1 aromatic carbocycles. The van der Waals surface area contributed by atoms with Crippen LogP contribution in [0.2, 0.25) is 0 Å². The molecule has 0 bridgehead atoms. The molecule has 1 fully saturated rings. The van der Waals surface area contributed by atoms with E-state index in [0.29, 0.717) is 29.1 Å². The molecule has 0 radical (unpaired) electrons. The number of carbonyl (C=O) groups excluding carboxylic acids is 1. The van der Waals surface area contributed by atoms with Gasteiger partial charge in [0.1, 0.15) is 5.52 Å². The fourth-order valence-corrected chi connectivity index (χ4v) is 4.60. The van der Waals surface area contributed by atoms with Crippen molar-refractivity contribution < 1.29 is 4.79 Å². The largest absolute Gasteiger partial charge is 0.357 e. The number of allylic oxidation sites excluding steroid dienone is 1. The zero-order valence-corrected chi connectivity index (χ0v) is 18.3. The lowest BCUT2D eigenvalue weighted by molar-refractivity contribution is 0.0606. The van der Waals surface area contributed by atoms with Gasteiger partial charge >= 0.3 is 0 Å². The average molecular weight is 419 g/mol. The van der Waals surface area contributed by atoms with E-state index in [1.807, 2.05) is 18.0 Å². The van der Waals surface area contributed by atoms with Gasteiger partial charge in [-0.05, 0) is 31.4 Å². The third kappa shape index (κ3) is 4.08. The van der Waals surface area contributed by atoms with Crippen LogP contribution in [-0.4, -0.2) is 51.4 Å². The Hall–Kier alpha value is -3.12. The molecule has 1 unspecified atom stereocenters. The molecule has 3 aromatic rings. The highest BCUT2D eigenvalue weighted by molar-refractivity contribution is 6.05. The molecule has 1 saturated heterocycles. The quantitative estimate of drug-likeness (QED) is 0.619. The first-order chi connectivity index (χ1) is 15.0. The monoisotopic (exact) mass is 418 g/mol. The third-order valence-electron chi connectivity index (χ3n) is 6.55. The summed E-state index contributed by atoms with van der Waals surface area (Å²) in [5.74, 6) is -0.0445. The Labute approximate surface area is 182 Å². The molecule has 1 aliphatic rings. The summed E-state index contributed by atoms with van der Waals surface area (Å²) < 4.78 is 1.54. The number of H-pyrrole nitrogens is 1. The Morgan fingerprint density at radius 2 is 1.97 bits per heavy atom. The van der Waals surface area contributed by atoms with Crippen LogP contribution in [0.15, 0.2) is 66.2 Å². The van der Waals surface area contributed by atoms with Gasteiger partial charge in [-0.3, -0.25) is 14.5 Å². The Balaban J connectivity index is 1.50. The number of rotatable bonds is 6. The Morgan fingerprint density at radius 1 is 1.26 bits per heavy atom. The van der Waals surface area contributed by atoms with Gasteiger partial charge in [-0.2, -0.15) is 0 Å². The summed E-state index contributed by atoms with van der Waals surface area (Å²) in [6.07, 6.45) is 6.91. The number of pyridine rings is 1. The Bertz CT molecular complexity index is 1120. The van der Waals surface area contributed by atoms with Crippen molar-refractivity contribution >= 4 is 16.8 Å². The molecule has 1 amide bonds. The molecule has 0 aliphatic carbocycles. The smallest absolute Gasteiger partial charge is 0.275 e. The predicted octanol–water partition coefficient (Wildman–Crippen LogP) is 3.81.